The summed E-state index contributed by atoms with van der Waals surface area (Å²) in [6.07, 6.45) is 4.37. The molecule has 4 rings (SSSR count). The Morgan fingerprint density at radius 3 is 2.67 bits per heavy atom. The molecule has 7 nitrogen and oxygen atoms in total. The minimum absolute atomic E-state index is 0.0413. The third-order valence-electron chi connectivity index (χ3n) is 7.17. The summed E-state index contributed by atoms with van der Waals surface area (Å²) < 4.78 is 24.3. The zero-order valence-corrected chi connectivity index (χ0v) is 19.6. The summed E-state index contributed by atoms with van der Waals surface area (Å²) in [5, 5.41) is 6.18. The summed E-state index contributed by atoms with van der Waals surface area (Å²) in [5.74, 6) is 0.819. The molecule has 3 heterocycles. The smallest absolute Gasteiger partial charge is 0.315 e. The van der Waals surface area contributed by atoms with Crippen LogP contribution in [-0.2, 0) is 15.9 Å². The molecule has 0 saturated carbocycles. The highest BCUT2D eigenvalue weighted by molar-refractivity contribution is 5.74. The molecule has 8 heteroatoms. The molecule has 3 fully saturated rings. The first-order valence-corrected chi connectivity index (χ1v) is 12.5. The molecular weight excluding hydrogens is 423 g/mol. The number of amides is 2. The van der Waals surface area contributed by atoms with Gasteiger partial charge in [0.05, 0.1) is 25.9 Å². The van der Waals surface area contributed by atoms with Crippen LogP contribution in [0.3, 0.4) is 0 Å². The molecule has 0 spiro atoms. The lowest BCUT2D eigenvalue weighted by atomic mass is 9.89. The molecule has 0 aromatic heterocycles. The van der Waals surface area contributed by atoms with Gasteiger partial charge in [0.2, 0.25) is 0 Å². The lowest BCUT2D eigenvalue weighted by molar-refractivity contribution is 0.0207. The molecule has 1 unspecified atom stereocenters. The van der Waals surface area contributed by atoms with Gasteiger partial charge in [0.15, 0.2) is 0 Å². The highest BCUT2D eigenvalue weighted by atomic mass is 19.1. The number of morpholine rings is 1. The van der Waals surface area contributed by atoms with E-state index in [2.05, 4.69) is 20.4 Å². The number of rotatable bonds is 8. The van der Waals surface area contributed by atoms with Crippen LogP contribution in [0.5, 0.6) is 0 Å². The van der Waals surface area contributed by atoms with Crippen LogP contribution in [0.15, 0.2) is 24.3 Å². The van der Waals surface area contributed by atoms with Crippen molar-refractivity contribution >= 4 is 6.03 Å². The van der Waals surface area contributed by atoms with Gasteiger partial charge in [-0.3, -0.25) is 4.90 Å². The van der Waals surface area contributed by atoms with Gasteiger partial charge in [-0.25, -0.2) is 9.18 Å². The van der Waals surface area contributed by atoms with Gasteiger partial charge in [-0.05, 0) is 61.8 Å². The van der Waals surface area contributed by atoms with Crippen LogP contribution in [0.4, 0.5) is 9.18 Å². The van der Waals surface area contributed by atoms with Crippen molar-refractivity contribution in [2.24, 2.45) is 11.8 Å². The van der Waals surface area contributed by atoms with Crippen LogP contribution >= 0.6 is 0 Å². The zero-order chi connectivity index (χ0) is 22.9. The van der Waals surface area contributed by atoms with Gasteiger partial charge in [-0.15, -0.1) is 0 Å². The maximum Gasteiger partial charge on any atom is 0.315 e. The van der Waals surface area contributed by atoms with Crippen molar-refractivity contribution in [2.45, 2.75) is 31.7 Å². The number of carbonyl (C=O) groups is 1. The fraction of sp³-hybridized carbons (Fsp3) is 0.720. The van der Waals surface area contributed by atoms with E-state index in [9.17, 15) is 9.18 Å². The predicted molar refractivity (Wildman–Crippen MR) is 126 cm³/mol. The van der Waals surface area contributed by atoms with Gasteiger partial charge in [0.1, 0.15) is 5.82 Å². The number of carbonyl (C=O) groups excluding carboxylic acids is 1. The summed E-state index contributed by atoms with van der Waals surface area (Å²) in [4.78, 5) is 17.4. The van der Waals surface area contributed by atoms with Crippen LogP contribution in [0.2, 0.25) is 0 Å². The normalized spacial score (nSPS) is 27.2. The van der Waals surface area contributed by atoms with E-state index in [1.165, 1.54) is 18.4 Å². The molecule has 3 aliphatic rings. The average molecular weight is 463 g/mol. The number of halogens is 1. The number of piperidine rings is 1. The molecule has 184 valence electrons. The second-order valence-corrected chi connectivity index (χ2v) is 9.68. The molecule has 0 radical (unpaired) electrons. The molecule has 33 heavy (non-hydrogen) atoms. The molecule has 1 aromatic rings. The van der Waals surface area contributed by atoms with Crippen molar-refractivity contribution in [3.8, 4) is 0 Å². The Kier molecular flexibility index (Phi) is 9.35. The average Bonchev–Trinajstić information content (AvgIpc) is 2.83. The van der Waals surface area contributed by atoms with Crippen molar-refractivity contribution in [1.29, 1.82) is 0 Å². The number of nitrogens with zero attached hydrogens (tertiary/aromatic N) is 2. The molecule has 0 bridgehead atoms. The molecule has 2 N–H and O–H groups in total. The predicted octanol–water partition coefficient (Wildman–Crippen LogP) is 2.12. The minimum atomic E-state index is -0.174. The number of hydrogen-bond acceptors (Lipinski definition) is 5. The highest BCUT2D eigenvalue weighted by Crippen LogP contribution is 2.24. The first kappa shape index (κ1) is 24.4. The zero-order valence-electron chi connectivity index (χ0n) is 19.6. The third kappa shape index (κ3) is 7.91. The lowest BCUT2D eigenvalue weighted by Gasteiger charge is -2.39. The largest absolute Gasteiger partial charge is 0.379 e. The summed E-state index contributed by atoms with van der Waals surface area (Å²) in [6.45, 7) is 9.39. The summed E-state index contributed by atoms with van der Waals surface area (Å²) in [5.41, 5.74) is 1.21. The molecule has 0 aliphatic carbocycles. The molecule has 3 aliphatic heterocycles. The molecule has 3 atom stereocenters. The standard InChI is InChI=1S/C25H39FN4O3/c26-23-5-3-20(4-6-23)16-21-2-1-9-30(17-21)18-22-7-13-33-19-24(22)28-25(31)27-8-10-29-11-14-32-15-12-29/h3-6,21-22,24H,1-2,7-19H2,(H2,27,28,31)/t21?,22-,24+/m0/s1. The highest BCUT2D eigenvalue weighted by Gasteiger charge is 2.30. The third-order valence-corrected chi connectivity index (χ3v) is 7.17. The van der Waals surface area contributed by atoms with Gasteiger partial charge in [-0.2, -0.15) is 0 Å². The first-order chi connectivity index (χ1) is 16.2. The quantitative estimate of drug-likeness (QED) is 0.620. The number of likely N-dealkylation sites (tertiary alicyclic amines) is 1. The van der Waals surface area contributed by atoms with Gasteiger partial charge in [-0.1, -0.05) is 12.1 Å². The molecule has 3 saturated heterocycles. The van der Waals surface area contributed by atoms with Crippen molar-refractivity contribution < 1.29 is 18.7 Å². The Hall–Kier alpha value is -1.74. The van der Waals surface area contributed by atoms with Crippen LogP contribution in [-0.4, -0.2) is 94.1 Å². The van der Waals surface area contributed by atoms with E-state index in [1.807, 2.05) is 12.1 Å². The lowest BCUT2D eigenvalue weighted by Crippen LogP contribution is -2.54. The van der Waals surface area contributed by atoms with Crippen molar-refractivity contribution in [1.82, 2.24) is 20.4 Å². The second-order valence-electron chi connectivity index (χ2n) is 9.68. The maximum absolute atomic E-state index is 13.2. The summed E-state index contributed by atoms with van der Waals surface area (Å²) in [6, 6.07) is 6.87. The Labute approximate surface area is 197 Å². The van der Waals surface area contributed by atoms with Gasteiger partial charge >= 0.3 is 6.03 Å². The van der Waals surface area contributed by atoms with E-state index in [0.717, 1.165) is 71.9 Å². The Morgan fingerprint density at radius 2 is 1.85 bits per heavy atom. The second kappa shape index (κ2) is 12.6. The van der Waals surface area contributed by atoms with Crippen molar-refractivity contribution in [3.63, 3.8) is 0 Å². The van der Waals surface area contributed by atoms with E-state index in [0.29, 0.717) is 25.0 Å². The minimum Gasteiger partial charge on any atom is -0.379 e. The van der Waals surface area contributed by atoms with Gasteiger partial charge in [0.25, 0.3) is 0 Å². The number of hydrogen-bond donors (Lipinski definition) is 2. The fourth-order valence-corrected chi connectivity index (χ4v) is 5.30. The van der Waals surface area contributed by atoms with Crippen molar-refractivity contribution in [2.75, 3.05) is 72.2 Å². The molecular formula is C25H39FN4O3. The topological polar surface area (TPSA) is 66.1 Å². The number of nitrogens with one attached hydrogen (secondary N) is 2. The fourth-order valence-electron chi connectivity index (χ4n) is 5.30. The molecule has 1 aromatic carbocycles. The van der Waals surface area contributed by atoms with Crippen LogP contribution in [0.25, 0.3) is 0 Å². The molecule has 2 amide bonds. The van der Waals surface area contributed by atoms with E-state index >= 15 is 0 Å². The van der Waals surface area contributed by atoms with Crippen LogP contribution in [0, 0.1) is 17.7 Å². The summed E-state index contributed by atoms with van der Waals surface area (Å²) in [7, 11) is 0. The van der Waals surface area contributed by atoms with E-state index in [-0.39, 0.29) is 17.9 Å². The number of benzene rings is 1. The van der Waals surface area contributed by atoms with E-state index in [1.54, 1.807) is 12.1 Å². The summed E-state index contributed by atoms with van der Waals surface area (Å²) >= 11 is 0. The number of ether oxygens (including phenoxy) is 2. The van der Waals surface area contributed by atoms with Gasteiger partial charge < -0.3 is 25.0 Å². The Morgan fingerprint density at radius 1 is 1.03 bits per heavy atom. The van der Waals surface area contributed by atoms with Crippen molar-refractivity contribution in [3.05, 3.63) is 35.6 Å². The van der Waals surface area contributed by atoms with E-state index < -0.39 is 0 Å². The van der Waals surface area contributed by atoms with Crippen LogP contribution in [0.1, 0.15) is 24.8 Å². The Balaban J connectivity index is 1.21. The Bertz CT molecular complexity index is 729. The van der Waals surface area contributed by atoms with Crippen LogP contribution < -0.4 is 10.6 Å². The first-order valence-electron chi connectivity index (χ1n) is 12.5. The monoisotopic (exact) mass is 462 g/mol. The van der Waals surface area contributed by atoms with Gasteiger partial charge in [0, 0.05) is 45.9 Å². The SMILES string of the molecule is O=C(NCCN1CCOCC1)N[C@@H]1COCC[C@H]1CN1CCCC(Cc2ccc(F)cc2)C1. The van der Waals surface area contributed by atoms with E-state index in [4.69, 9.17) is 9.47 Å². The maximum atomic E-state index is 13.2. The number of urea groups is 1.